The van der Waals surface area contributed by atoms with Crippen LogP contribution in [0.5, 0.6) is 17.2 Å². The van der Waals surface area contributed by atoms with Crippen molar-refractivity contribution in [2.45, 2.75) is 12.7 Å². The summed E-state index contributed by atoms with van der Waals surface area (Å²) in [6, 6.07) is 13.1. The van der Waals surface area contributed by atoms with E-state index in [1.807, 2.05) is 36.4 Å². The summed E-state index contributed by atoms with van der Waals surface area (Å²) < 4.78 is 16.3. The molecule has 2 heterocycles. The largest absolute Gasteiger partial charge is 0.506 e. The minimum atomic E-state index is -0.536. The number of β-amino-alcohol motifs (C(OH)–C–C–N with tert-alkyl or cyclic N) is 1. The molecule has 28 heavy (non-hydrogen) atoms. The molecule has 1 fully saturated rings. The average molecular weight is 386 g/mol. The first-order valence-corrected chi connectivity index (χ1v) is 9.58. The molecule has 0 bridgehead atoms. The van der Waals surface area contributed by atoms with E-state index >= 15 is 0 Å². The van der Waals surface area contributed by atoms with Gasteiger partial charge >= 0.3 is 0 Å². The Morgan fingerprint density at radius 2 is 1.79 bits per heavy atom. The van der Waals surface area contributed by atoms with Gasteiger partial charge in [-0.2, -0.15) is 0 Å². The molecular weight excluding hydrogens is 360 g/mol. The topological polar surface area (TPSA) is 74.6 Å². The molecule has 150 valence electrons. The zero-order chi connectivity index (χ0) is 19.3. The fourth-order valence-electron chi connectivity index (χ4n) is 3.60. The van der Waals surface area contributed by atoms with Crippen LogP contribution < -0.4 is 14.4 Å². The molecular formula is C21H26N2O5. The van der Waals surface area contributed by atoms with E-state index < -0.39 is 6.10 Å². The van der Waals surface area contributed by atoms with Crippen molar-refractivity contribution < 1.29 is 24.4 Å². The van der Waals surface area contributed by atoms with Crippen LogP contribution in [-0.2, 0) is 11.3 Å². The van der Waals surface area contributed by atoms with Gasteiger partial charge in [-0.1, -0.05) is 18.2 Å². The summed E-state index contributed by atoms with van der Waals surface area (Å²) in [5, 5.41) is 20.3. The first-order valence-electron chi connectivity index (χ1n) is 9.58. The van der Waals surface area contributed by atoms with Gasteiger partial charge in [-0.3, -0.25) is 4.90 Å². The van der Waals surface area contributed by atoms with Crippen molar-refractivity contribution in [1.29, 1.82) is 0 Å². The Morgan fingerprint density at radius 3 is 2.61 bits per heavy atom. The van der Waals surface area contributed by atoms with E-state index in [0.717, 1.165) is 48.9 Å². The highest BCUT2D eigenvalue weighted by atomic mass is 16.7. The maximum Gasteiger partial charge on any atom is 0.231 e. The summed E-state index contributed by atoms with van der Waals surface area (Å²) >= 11 is 0. The molecule has 0 aromatic heterocycles. The second kappa shape index (κ2) is 8.68. The van der Waals surface area contributed by atoms with Gasteiger partial charge in [-0.05, 0) is 29.8 Å². The van der Waals surface area contributed by atoms with Crippen LogP contribution in [0.4, 0.5) is 5.69 Å². The van der Waals surface area contributed by atoms with E-state index in [1.165, 1.54) is 0 Å². The van der Waals surface area contributed by atoms with Crippen molar-refractivity contribution >= 4 is 5.69 Å². The van der Waals surface area contributed by atoms with Crippen LogP contribution in [0.1, 0.15) is 5.56 Å². The molecule has 2 N–H and O–H groups in total. The summed E-state index contributed by atoms with van der Waals surface area (Å²) in [6.07, 6.45) is -0.536. The highest BCUT2D eigenvalue weighted by Gasteiger charge is 2.21. The maximum absolute atomic E-state index is 10.3. The molecule has 2 aliphatic heterocycles. The van der Waals surface area contributed by atoms with Crippen LogP contribution in [0, 0.1) is 0 Å². The third-order valence-electron chi connectivity index (χ3n) is 5.08. The van der Waals surface area contributed by atoms with Crippen molar-refractivity contribution in [2.24, 2.45) is 0 Å². The number of aromatic hydroxyl groups is 1. The lowest BCUT2D eigenvalue weighted by atomic mass is 10.2. The van der Waals surface area contributed by atoms with Gasteiger partial charge < -0.3 is 29.3 Å². The molecule has 2 aliphatic rings. The molecule has 0 amide bonds. The van der Waals surface area contributed by atoms with Crippen molar-refractivity contribution in [3.63, 3.8) is 0 Å². The SMILES string of the molecule is Oc1ccccc1N1CCN(C[C@H](O)COCc2ccc3c(c2)OCO3)CC1. The zero-order valence-corrected chi connectivity index (χ0v) is 15.8. The predicted molar refractivity (Wildman–Crippen MR) is 105 cm³/mol. The van der Waals surface area contributed by atoms with Crippen LogP contribution in [0.3, 0.4) is 0 Å². The van der Waals surface area contributed by atoms with Crippen LogP contribution in [-0.4, -0.2) is 67.3 Å². The number of nitrogens with zero attached hydrogens (tertiary/aromatic N) is 2. The summed E-state index contributed by atoms with van der Waals surface area (Å²) in [5.41, 5.74) is 1.86. The summed E-state index contributed by atoms with van der Waals surface area (Å²) in [4.78, 5) is 4.40. The molecule has 0 saturated carbocycles. The standard InChI is InChI=1S/C21H26N2O5/c24-17(14-26-13-16-5-6-20-21(11-16)28-15-27-20)12-22-7-9-23(10-8-22)18-3-1-2-4-19(18)25/h1-6,11,17,24-25H,7-10,12-15H2/t17-/m0/s1. The Bertz CT molecular complexity index is 792. The lowest BCUT2D eigenvalue weighted by molar-refractivity contribution is 0.00910. The number of benzene rings is 2. The van der Waals surface area contributed by atoms with Gasteiger partial charge in [0.15, 0.2) is 11.5 Å². The number of hydrogen-bond acceptors (Lipinski definition) is 7. The number of piperazine rings is 1. The minimum Gasteiger partial charge on any atom is -0.506 e. The number of ether oxygens (including phenoxy) is 3. The highest BCUT2D eigenvalue weighted by molar-refractivity contribution is 5.57. The monoisotopic (exact) mass is 386 g/mol. The average Bonchev–Trinajstić information content (AvgIpc) is 3.17. The van der Waals surface area contributed by atoms with Crippen molar-refractivity contribution in [3.8, 4) is 17.2 Å². The number of fused-ring (bicyclic) bond motifs is 1. The van der Waals surface area contributed by atoms with E-state index in [4.69, 9.17) is 14.2 Å². The molecule has 0 unspecified atom stereocenters. The molecule has 0 spiro atoms. The number of para-hydroxylation sites is 2. The van der Waals surface area contributed by atoms with Gasteiger partial charge in [0.25, 0.3) is 0 Å². The fourth-order valence-corrected chi connectivity index (χ4v) is 3.60. The Balaban J connectivity index is 1.18. The van der Waals surface area contributed by atoms with Crippen molar-refractivity contribution in [2.75, 3.05) is 51.0 Å². The molecule has 0 aliphatic carbocycles. The number of hydrogen-bond donors (Lipinski definition) is 2. The Morgan fingerprint density at radius 1 is 1.00 bits per heavy atom. The number of aliphatic hydroxyl groups excluding tert-OH is 1. The van der Waals surface area contributed by atoms with Crippen molar-refractivity contribution in [3.05, 3.63) is 48.0 Å². The van der Waals surface area contributed by atoms with E-state index in [1.54, 1.807) is 6.07 Å². The first kappa shape index (κ1) is 18.9. The molecule has 4 rings (SSSR count). The number of phenols is 1. The van der Waals surface area contributed by atoms with Crippen LogP contribution >= 0.6 is 0 Å². The first-order chi connectivity index (χ1) is 13.7. The van der Waals surface area contributed by atoms with Gasteiger partial charge in [0, 0.05) is 32.7 Å². The van der Waals surface area contributed by atoms with Gasteiger partial charge in [-0.15, -0.1) is 0 Å². The molecule has 0 radical (unpaired) electrons. The van der Waals surface area contributed by atoms with Gasteiger partial charge in [0.1, 0.15) is 5.75 Å². The lowest BCUT2D eigenvalue weighted by Crippen LogP contribution is -2.49. The van der Waals surface area contributed by atoms with E-state index in [0.29, 0.717) is 18.9 Å². The fraction of sp³-hybridized carbons (Fsp3) is 0.429. The third-order valence-corrected chi connectivity index (χ3v) is 5.08. The van der Waals surface area contributed by atoms with Crippen LogP contribution in [0.15, 0.2) is 42.5 Å². The Hall–Kier alpha value is -2.48. The second-order valence-electron chi connectivity index (χ2n) is 7.13. The summed E-state index contributed by atoms with van der Waals surface area (Å²) in [7, 11) is 0. The van der Waals surface area contributed by atoms with Gasteiger partial charge in [0.05, 0.1) is 25.0 Å². The van der Waals surface area contributed by atoms with E-state index in [-0.39, 0.29) is 13.4 Å². The zero-order valence-electron chi connectivity index (χ0n) is 15.8. The lowest BCUT2D eigenvalue weighted by Gasteiger charge is -2.37. The molecule has 1 atom stereocenters. The molecule has 2 aromatic carbocycles. The smallest absolute Gasteiger partial charge is 0.231 e. The number of anilines is 1. The Labute approximate surface area is 164 Å². The predicted octanol–water partition coefficient (Wildman–Crippen LogP) is 1.82. The molecule has 7 heteroatoms. The molecule has 2 aromatic rings. The van der Waals surface area contributed by atoms with E-state index in [9.17, 15) is 10.2 Å². The van der Waals surface area contributed by atoms with Crippen molar-refractivity contribution in [1.82, 2.24) is 4.90 Å². The quantitative estimate of drug-likeness (QED) is 0.752. The van der Waals surface area contributed by atoms with Gasteiger partial charge in [-0.25, -0.2) is 0 Å². The second-order valence-corrected chi connectivity index (χ2v) is 7.13. The third kappa shape index (κ3) is 4.49. The van der Waals surface area contributed by atoms with Crippen LogP contribution in [0.2, 0.25) is 0 Å². The summed E-state index contributed by atoms with van der Waals surface area (Å²) in [5.74, 6) is 1.81. The number of phenolic OH excluding ortho intramolecular Hbond substituents is 1. The normalized spacial score (nSPS) is 17.7. The van der Waals surface area contributed by atoms with Crippen LogP contribution in [0.25, 0.3) is 0 Å². The van der Waals surface area contributed by atoms with E-state index in [2.05, 4.69) is 9.80 Å². The summed E-state index contributed by atoms with van der Waals surface area (Å²) in [6.45, 7) is 4.87. The number of rotatable bonds is 7. The molecule has 1 saturated heterocycles. The number of aliphatic hydroxyl groups is 1. The maximum atomic E-state index is 10.3. The molecule has 7 nitrogen and oxygen atoms in total. The van der Waals surface area contributed by atoms with Gasteiger partial charge in [0.2, 0.25) is 6.79 Å². The Kier molecular flexibility index (Phi) is 5.85. The highest BCUT2D eigenvalue weighted by Crippen LogP contribution is 2.32. The minimum absolute atomic E-state index is 0.259.